The molecule has 0 amide bonds. The van der Waals surface area contributed by atoms with E-state index in [2.05, 4.69) is 15.1 Å². The van der Waals surface area contributed by atoms with Crippen LogP contribution in [-0.4, -0.2) is 19.7 Å². The number of nitrogens with zero attached hydrogens (tertiary/aromatic N) is 4. The standard InChI is InChI=1S/C14H14F2N4O/c1-14(2,3)13-18-12(19-21-13)6-20-7-17-10-4-8(15)9(16)5-11(10)20/h4-5,7H,6H2,1-3H3. The van der Waals surface area contributed by atoms with Crippen molar-refractivity contribution in [1.82, 2.24) is 19.7 Å². The Labute approximate surface area is 119 Å². The van der Waals surface area contributed by atoms with Gasteiger partial charge in [-0.1, -0.05) is 25.9 Å². The van der Waals surface area contributed by atoms with Gasteiger partial charge in [-0.25, -0.2) is 13.8 Å². The third-order valence-electron chi connectivity index (χ3n) is 3.08. The summed E-state index contributed by atoms with van der Waals surface area (Å²) in [5.41, 5.74) is 0.627. The summed E-state index contributed by atoms with van der Waals surface area (Å²) in [6.07, 6.45) is 1.50. The first-order valence-electron chi connectivity index (χ1n) is 6.47. The number of fused-ring (bicyclic) bond motifs is 1. The Morgan fingerprint density at radius 1 is 1.19 bits per heavy atom. The Kier molecular flexibility index (Phi) is 3.00. The van der Waals surface area contributed by atoms with Crippen molar-refractivity contribution in [3.8, 4) is 0 Å². The second-order valence-corrected chi connectivity index (χ2v) is 5.89. The van der Waals surface area contributed by atoms with Gasteiger partial charge in [-0.15, -0.1) is 0 Å². The summed E-state index contributed by atoms with van der Waals surface area (Å²) >= 11 is 0. The summed E-state index contributed by atoms with van der Waals surface area (Å²) in [5, 5.41) is 3.90. The molecule has 110 valence electrons. The van der Waals surface area contributed by atoms with Gasteiger partial charge in [0.15, 0.2) is 17.5 Å². The van der Waals surface area contributed by atoms with Gasteiger partial charge in [-0.2, -0.15) is 4.98 Å². The van der Waals surface area contributed by atoms with Crippen LogP contribution in [0, 0.1) is 11.6 Å². The van der Waals surface area contributed by atoms with Gasteiger partial charge in [0.25, 0.3) is 0 Å². The Hall–Kier alpha value is -2.31. The molecule has 0 bridgehead atoms. The summed E-state index contributed by atoms with van der Waals surface area (Å²) < 4.78 is 33.3. The van der Waals surface area contributed by atoms with Gasteiger partial charge < -0.3 is 9.09 Å². The smallest absolute Gasteiger partial charge is 0.232 e. The first-order chi connectivity index (χ1) is 9.84. The van der Waals surface area contributed by atoms with E-state index in [1.54, 1.807) is 4.57 Å². The van der Waals surface area contributed by atoms with Gasteiger partial charge in [0.2, 0.25) is 5.89 Å². The van der Waals surface area contributed by atoms with Crippen LogP contribution in [0.5, 0.6) is 0 Å². The number of imidazole rings is 1. The molecule has 7 heteroatoms. The minimum atomic E-state index is -0.915. The van der Waals surface area contributed by atoms with Crippen molar-refractivity contribution in [2.24, 2.45) is 0 Å². The van der Waals surface area contributed by atoms with Crippen molar-refractivity contribution >= 4 is 11.0 Å². The van der Waals surface area contributed by atoms with E-state index < -0.39 is 11.6 Å². The average Bonchev–Trinajstić information content (AvgIpc) is 2.99. The first-order valence-corrected chi connectivity index (χ1v) is 6.47. The maximum absolute atomic E-state index is 13.3. The van der Waals surface area contributed by atoms with E-state index in [1.165, 1.54) is 6.33 Å². The van der Waals surface area contributed by atoms with E-state index in [9.17, 15) is 8.78 Å². The van der Waals surface area contributed by atoms with Crippen LogP contribution in [-0.2, 0) is 12.0 Å². The zero-order valence-electron chi connectivity index (χ0n) is 11.9. The molecule has 0 radical (unpaired) electrons. The molecule has 3 rings (SSSR count). The summed E-state index contributed by atoms with van der Waals surface area (Å²) in [6, 6.07) is 2.18. The molecule has 0 aliphatic heterocycles. The summed E-state index contributed by atoms with van der Waals surface area (Å²) in [6.45, 7) is 6.18. The molecule has 0 atom stereocenters. The largest absolute Gasteiger partial charge is 0.339 e. The Morgan fingerprint density at radius 2 is 1.90 bits per heavy atom. The molecular formula is C14H14F2N4O. The summed E-state index contributed by atoms with van der Waals surface area (Å²) in [4.78, 5) is 8.35. The van der Waals surface area contributed by atoms with E-state index >= 15 is 0 Å². The molecule has 2 heterocycles. The number of halogens is 2. The van der Waals surface area contributed by atoms with Crippen molar-refractivity contribution in [2.75, 3.05) is 0 Å². The molecule has 0 spiro atoms. The third-order valence-corrected chi connectivity index (χ3v) is 3.08. The van der Waals surface area contributed by atoms with Gasteiger partial charge >= 0.3 is 0 Å². The average molecular weight is 292 g/mol. The highest BCUT2D eigenvalue weighted by Gasteiger charge is 2.22. The van der Waals surface area contributed by atoms with E-state index in [-0.39, 0.29) is 12.0 Å². The predicted octanol–water partition coefficient (Wildman–Crippen LogP) is 3.04. The topological polar surface area (TPSA) is 56.7 Å². The Balaban J connectivity index is 1.95. The SMILES string of the molecule is CC(C)(C)c1nc(Cn2cnc3cc(F)c(F)cc32)no1. The molecule has 0 saturated carbocycles. The highest BCUT2D eigenvalue weighted by molar-refractivity contribution is 5.75. The molecule has 5 nitrogen and oxygen atoms in total. The first kappa shape index (κ1) is 13.7. The fourth-order valence-electron chi connectivity index (χ4n) is 1.95. The van der Waals surface area contributed by atoms with Crippen LogP contribution in [0.4, 0.5) is 8.78 Å². The van der Waals surface area contributed by atoms with Gasteiger partial charge in [-0.05, 0) is 0 Å². The Morgan fingerprint density at radius 3 is 2.57 bits per heavy atom. The van der Waals surface area contributed by atoms with Gasteiger partial charge in [0.1, 0.15) is 0 Å². The monoisotopic (exact) mass is 292 g/mol. The number of rotatable bonds is 2. The van der Waals surface area contributed by atoms with Gasteiger partial charge in [0.05, 0.1) is 23.9 Å². The van der Waals surface area contributed by atoms with E-state index in [4.69, 9.17) is 4.52 Å². The van der Waals surface area contributed by atoms with Crippen LogP contribution in [0.15, 0.2) is 23.0 Å². The fraction of sp³-hybridized carbons (Fsp3) is 0.357. The lowest BCUT2D eigenvalue weighted by atomic mass is 9.97. The molecule has 0 aliphatic rings. The fourth-order valence-corrected chi connectivity index (χ4v) is 1.95. The van der Waals surface area contributed by atoms with Crippen molar-refractivity contribution in [3.63, 3.8) is 0 Å². The van der Waals surface area contributed by atoms with Crippen LogP contribution in [0.25, 0.3) is 11.0 Å². The second kappa shape index (κ2) is 4.61. The number of benzene rings is 1. The molecular weight excluding hydrogens is 278 g/mol. The summed E-state index contributed by atoms with van der Waals surface area (Å²) in [5.74, 6) is -0.835. The van der Waals surface area contributed by atoms with E-state index in [0.717, 1.165) is 12.1 Å². The van der Waals surface area contributed by atoms with Crippen LogP contribution >= 0.6 is 0 Å². The molecule has 0 saturated heterocycles. The predicted molar refractivity (Wildman–Crippen MR) is 71.7 cm³/mol. The lowest BCUT2D eigenvalue weighted by molar-refractivity contribution is 0.318. The molecule has 0 unspecified atom stereocenters. The lowest BCUT2D eigenvalue weighted by Gasteiger charge is -2.10. The van der Waals surface area contributed by atoms with Crippen molar-refractivity contribution in [2.45, 2.75) is 32.7 Å². The zero-order valence-corrected chi connectivity index (χ0v) is 11.9. The second-order valence-electron chi connectivity index (χ2n) is 5.89. The van der Waals surface area contributed by atoms with Crippen LogP contribution in [0.1, 0.15) is 32.5 Å². The summed E-state index contributed by atoms with van der Waals surface area (Å²) in [7, 11) is 0. The Bertz CT molecular complexity index is 801. The lowest BCUT2D eigenvalue weighted by Crippen LogP contribution is -2.11. The van der Waals surface area contributed by atoms with Crippen molar-refractivity contribution in [3.05, 3.63) is 41.8 Å². The number of aromatic nitrogens is 4. The van der Waals surface area contributed by atoms with E-state index in [0.29, 0.717) is 22.7 Å². The van der Waals surface area contributed by atoms with Crippen molar-refractivity contribution in [1.29, 1.82) is 0 Å². The maximum Gasteiger partial charge on any atom is 0.232 e. The van der Waals surface area contributed by atoms with Gasteiger partial charge in [0, 0.05) is 17.5 Å². The quantitative estimate of drug-likeness (QED) is 0.728. The zero-order chi connectivity index (χ0) is 15.2. The van der Waals surface area contributed by atoms with Crippen LogP contribution in [0.2, 0.25) is 0 Å². The normalized spacial score (nSPS) is 12.2. The number of hydrogen-bond acceptors (Lipinski definition) is 4. The molecule has 0 fully saturated rings. The minimum absolute atomic E-state index is 0.239. The van der Waals surface area contributed by atoms with Crippen LogP contribution < -0.4 is 0 Å². The highest BCUT2D eigenvalue weighted by Crippen LogP contribution is 2.21. The van der Waals surface area contributed by atoms with E-state index in [1.807, 2.05) is 20.8 Å². The molecule has 0 N–H and O–H groups in total. The molecule has 0 aliphatic carbocycles. The minimum Gasteiger partial charge on any atom is -0.339 e. The van der Waals surface area contributed by atoms with Gasteiger partial charge in [-0.3, -0.25) is 0 Å². The maximum atomic E-state index is 13.3. The molecule has 2 aromatic heterocycles. The molecule has 1 aromatic carbocycles. The van der Waals surface area contributed by atoms with Crippen molar-refractivity contribution < 1.29 is 13.3 Å². The molecule has 21 heavy (non-hydrogen) atoms. The number of hydrogen-bond donors (Lipinski definition) is 0. The third kappa shape index (κ3) is 2.51. The van der Waals surface area contributed by atoms with Crippen LogP contribution in [0.3, 0.4) is 0 Å². The molecule has 3 aromatic rings. The highest BCUT2D eigenvalue weighted by atomic mass is 19.2.